The smallest absolute Gasteiger partial charge is 0.307 e. The SMILES string of the molecule is O=C(O)Cc1ccc(NC(=O)Cc2cn3cc(F)ccc3n2)cc1. The quantitative estimate of drug-likeness (QED) is 0.753. The molecule has 0 unspecified atom stereocenters. The van der Waals surface area contributed by atoms with Gasteiger partial charge in [-0.3, -0.25) is 9.59 Å². The fraction of sp³-hybridized carbons (Fsp3) is 0.118. The topological polar surface area (TPSA) is 83.7 Å². The number of carbonyl (C=O) groups is 2. The molecule has 3 rings (SSSR count). The molecular formula is C17H14FN3O3. The van der Waals surface area contributed by atoms with Crippen LogP contribution in [0.15, 0.2) is 48.8 Å². The Bertz CT molecular complexity index is 903. The Hall–Kier alpha value is -3.22. The van der Waals surface area contributed by atoms with Crippen molar-refractivity contribution in [3.05, 3.63) is 65.9 Å². The minimum atomic E-state index is -0.907. The van der Waals surface area contributed by atoms with E-state index in [2.05, 4.69) is 10.3 Å². The van der Waals surface area contributed by atoms with Crippen molar-refractivity contribution in [1.29, 1.82) is 0 Å². The molecule has 6 nitrogen and oxygen atoms in total. The number of carboxylic acid groups (broad SMARTS) is 1. The van der Waals surface area contributed by atoms with Crippen LogP contribution in [0.25, 0.3) is 5.65 Å². The molecule has 0 aliphatic heterocycles. The summed E-state index contributed by atoms with van der Waals surface area (Å²) >= 11 is 0. The highest BCUT2D eigenvalue weighted by atomic mass is 19.1. The minimum absolute atomic E-state index is 0.0557. The molecule has 0 spiro atoms. The normalized spacial score (nSPS) is 10.7. The number of aliphatic carboxylic acids is 1. The van der Waals surface area contributed by atoms with Crippen molar-refractivity contribution in [3.63, 3.8) is 0 Å². The van der Waals surface area contributed by atoms with Gasteiger partial charge >= 0.3 is 5.97 Å². The van der Waals surface area contributed by atoms with Gasteiger partial charge < -0.3 is 14.8 Å². The zero-order chi connectivity index (χ0) is 17.1. The van der Waals surface area contributed by atoms with Crippen molar-refractivity contribution >= 4 is 23.2 Å². The van der Waals surface area contributed by atoms with Gasteiger partial charge in [-0.1, -0.05) is 12.1 Å². The first-order valence-corrected chi connectivity index (χ1v) is 7.23. The number of nitrogens with one attached hydrogen (secondary N) is 1. The summed E-state index contributed by atoms with van der Waals surface area (Å²) in [6.45, 7) is 0. The van der Waals surface area contributed by atoms with Crippen LogP contribution in [0.3, 0.4) is 0 Å². The highest BCUT2D eigenvalue weighted by Crippen LogP contribution is 2.12. The van der Waals surface area contributed by atoms with Crippen molar-refractivity contribution in [2.75, 3.05) is 5.32 Å². The number of amides is 1. The lowest BCUT2D eigenvalue weighted by Gasteiger charge is -2.05. The molecule has 1 amide bonds. The van der Waals surface area contributed by atoms with Crippen molar-refractivity contribution in [1.82, 2.24) is 9.38 Å². The van der Waals surface area contributed by atoms with Crippen LogP contribution in [0.5, 0.6) is 0 Å². The lowest BCUT2D eigenvalue weighted by molar-refractivity contribution is -0.136. The van der Waals surface area contributed by atoms with Gasteiger partial charge in [0.25, 0.3) is 0 Å². The number of aromatic nitrogens is 2. The van der Waals surface area contributed by atoms with Gasteiger partial charge in [0.15, 0.2) is 0 Å². The number of carboxylic acids is 1. The summed E-state index contributed by atoms with van der Waals surface area (Å²) in [5.41, 5.74) is 2.32. The number of carbonyl (C=O) groups excluding carboxylic acids is 1. The molecule has 0 bridgehead atoms. The Morgan fingerprint density at radius 2 is 1.83 bits per heavy atom. The third-order valence-corrected chi connectivity index (χ3v) is 3.40. The first-order chi connectivity index (χ1) is 11.5. The summed E-state index contributed by atoms with van der Waals surface area (Å²) in [5, 5.41) is 11.4. The number of pyridine rings is 1. The summed E-state index contributed by atoms with van der Waals surface area (Å²) in [6.07, 6.45) is 2.89. The number of anilines is 1. The van der Waals surface area contributed by atoms with Gasteiger partial charge in [0.2, 0.25) is 5.91 Å². The Kier molecular flexibility index (Phi) is 4.24. The van der Waals surface area contributed by atoms with E-state index in [9.17, 15) is 14.0 Å². The van der Waals surface area contributed by atoms with Crippen molar-refractivity contribution in [3.8, 4) is 0 Å². The summed E-state index contributed by atoms with van der Waals surface area (Å²) < 4.78 is 14.7. The standard InChI is InChI=1S/C17H14FN3O3/c18-12-3-6-15-19-14(10-21(15)9-12)8-16(22)20-13-4-1-11(2-5-13)7-17(23)24/h1-6,9-10H,7-8H2,(H,20,22)(H,23,24). The molecule has 2 heterocycles. The van der Waals surface area contributed by atoms with E-state index in [0.717, 1.165) is 0 Å². The van der Waals surface area contributed by atoms with Crippen LogP contribution in [0.4, 0.5) is 10.1 Å². The molecule has 3 aromatic rings. The molecule has 0 saturated heterocycles. The van der Waals surface area contributed by atoms with E-state index < -0.39 is 5.97 Å². The lowest BCUT2D eigenvalue weighted by Crippen LogP contribution is -2.14. The maximum absolute atomic E-state index is 13.1. The second-order valence-electron chi connectivity index (χ2n) is 5.34. The predicted octanol–water partition coefficient (Wildman–Crippen LogP) is 2.28. The first kappa shape index (κ1) is 15.7. The molecule has 0 radical (unpaired) electrons. The van der Waals surface area contributed by atoms with Crippen LogP contribution in [0.2, 0.25) is 0 Å². The van der Waals surface area contributed by atoms with Crippen molar-refractivity contribution in [2.24, 2.45) is 0 Å². The van der Waals surface area contributed by atoms with Crippen LogP contribution in [-0.2, 0) is 22.4 Å². The maximum atomic E-state index is 13.1. The Labute approximate surface area is 136 Å². The largest absolute Gasteiger partial charge is 0.481 e. The molecule has 0 aliphatic rings. The molecule has 2 aromatic heterocycles. The number of nitrogens with zero attached hydrogens (tertiary/aromatic N) is 2. The molecule has 7 heteroatoms. The van der Waals surface area contributed by atoms with Gasteiger partial charge in [0.1, 0.15) is 11.5 Å². The van der Waals surface area contributed by atoms with Gasteiger partial charge in [-0.05, 0) is 29.8 Å². The number of hydrogen-bond acceptors (Lipinski definition) is 3. The molecule has 122 valence electrons. The molecule has 0 aliphatic carbocycles. The third-order valence-electron chi connectivity index (χ3n) is 3.40. The number of benzene rings is 1. The van der Waals surface area contributed by atoms with E-state index >= 15 is 0 Å². The number of hydrogen-bond donors (Lipinski definition) is 2. The lowest BCUT2D eigenvalue weighted by atomic mass is 10.1. The average molecular weight is 327 g/mol. The van der Waals surface area contributed by atoms with Crippen LogP contribution in [-0.4, -0.2) is 26.4 Å². The van der Waals surface area contributed by atoms with E-state index in [-0.39, 0.29) is 24.6 Å². The average Bonchev–Trinajstić information content (AvgIpc) is 2.89. The van der Waals surface area contributed by atoms with Crippen LogP contribution < -0.4 is 5.32 Å². The number of fused-ring (bicyclic) bond motifs is 1. The predicted molar refractivity (Wildman–Crippen MR) is 85.3 cm³/mol. The second-order valence-corrected chi connectivity index (χ2v) is 5.34. The fourth-order valence-corrected chi connectivity index (χ4v) is 2.35. The maximum Gasteiger partial charge on any atom is 0.307 e. The second kappa shape index (κ2) is 6.49. The number of halogens is 1. The molecular weight excluding hydrogens is 313 g/mol. The summed E-state index contributed by atoms with van der Waals surface area (Å²) in [5.74, 6) is -1.54. The Balaban J connectivity index is 1.64. The van der Waals surface area contributed by atoms with Gasteiger partial charge in [0, 0.05) is 18.1 Å². The molecule has 0 atom stereocenters. The fourth-order valence-electron chi connectivity index (χ4n) is 2.35. The van der Waals surface area contributed by atoms with Gasteiger partial charge in [0.05, 0.1) is 18.5 Å². The zero-order valence-electron chi connectivity index (χ0n) is 12.6. The monoisotopic (exact) mass is 327 g/mol. The number of rotatable bonds is 5. The Morgan fingerprint density at radius 1 is 1.08 bits per heavy atom. The van der Waals surface area contributed by atoms with Crippen LogP contribution in [0.1, 0.15) is 11.3 Å². The molecule has 0 fully saturated rings. The third kappa shape index (κ3) is 3.75. The van der Waals surface area contributed by atoms with E-state index in [0.29, 0.717) is 22.6 Å². The molecule has 2 N–H and O–H groups in total. The van der Waals surface area contributed by atoms with Crippen LogP contribution >= 0.6 is 0 Å². The minimum Gasteiger partial charge on any atom is -0.481 e. The molecule has 0 saturated carbocycles. The zero-order valence-corrected chi connectivity index (χ0v) is 12.6. The molecule has 1 aromatic carbocycles. The summed E-state index contributed by atoms with van der Waals surface area (Å²) in [6, 6.07) is 9.45. The Morgan fingerprint density at radius 3 is 2.54 bits per heavy atom. The summed E-state index contributed by atoms with van der Waals surface area (Å²) in [4.78, 5) is 26.9. The van der Waals surface area contributed by atoms with Gasteiger partial charge in [-0.2, -0.15) is 0 Å². The highest BCUT2D eigenvalue weighted by molar-refractivity contribution is 5.92. The highest BCUT2D eigenvalue weighted by Gasteiger charge is 2.09. The number of imidazole rings is 1. The van der Waals surface area contributed by atoms with E-state index in [1.807, 2.05) is 0 Å². The van der Waals surface area contributed by atoms with Gasteiger partial charge in [-0.15, -0.1) is 0 Å². The first-order valence-electron chi connectivity index (χ1n) is 7.23. The van der Waals surface area contributed by atoms with E-state index in [1.54, 1.807) is 30.5 Å². The van der Waals surface area contributed by atoms with Gasteiger partial charge in [-0.25, -0.2) is 9.37 Å². The van der Waals surface area contributed by atoms with Crippen molar-refractivity contribution in [2.45, 2.75) is 12.8 Å². The molecule has 24 heavy (non-hydrogen) atoms. The van der Waals surface area contributed by atoms with Crippen molar-refractivity contribution < 1.29 is 19.1 Å². The van der Waals surface area contributed by atoms with Crippen LogP contribution in [0, 0.1) is 5.82 Å². The van der Waals surface area contributed by atoms with E-state index in [1.165, 1.54) is 22.7 Å². The van der Waals surface area contributed by atoms with E-state index in [4.69, 9.17) is 5.11 Å². The summed E-state index contributed by atoms with van der Waals surface area (Å²) in [7, 11) is 0.